The molecule has 0 saturated heterocycles. The van der Waals surface area contributed by atoms with Gasteiger partial charge in [-0.15, -0.1) is 0 Å². The maximum atomic E-state index is 11.1. The summed E-state index contributed by atoms with van der Waals surface area (Å²) in [5.41, 5.74) is 41.5. The highest BCUT2D eigenvalue weighted by molar-refractivity contribution is 6.05. The van der Waals surface area contributed by atoms with Crippen LogP contribution in [0.15, 0.2) is 164 Å². The first kappa shape index (κ1) is 158. The minimum absolute atomic E-state index is 0. The van der Waals surface area contributed by atoms with Crippen LogP contribution in [0.25, 0.3) is 76.3 Å². The van der Waals surface area contributed by atoms with Crippen LogP contribution in [-0.4, -0.2) is 57.0 Å². The molecule has 0 aliphatic rings. The van der Waals surface area contributed by atoms with E-state index < -0.39 is 11.9 Å². The largest absolute Gasteiger partial charge is 0.478 e. The van der Waals surface area contributed by atoms with Gasteiger partial charge < -0.3 is 15.9 Å². The van der Waals surface area contributed by atoms with Crippen LogP contribution in [0.2, 0.25) is 0 Å². The number of anilines is 1. The molecule has 0 amide bonds. The molecule has 7 aromatic heterocycles. The van der Waals surface area contributed by atoms with Crippen molar-refractivity contribution in [3.05, 3.63) is 315 Å². The van der Waals surface area contributed by atoms with Crippen molar-refractivity contribution in [2.75, 3.05) is 5.73 Å². The number of rotatable bonds is 2. The zero-order valence-corrected chi connectivity index (χ0v) is 99.9. The quantitative estimate of drug-likeness (QED) is 0.137. The van der Waals surface area contributed by atoms with Crippen molar-refractivity contribution in [3.63, 3.8) is 0 Å². The van der Waals surface area contributed by atoms with Crippen molar-refractivity contribution in [1.82, 2.24) is 34.9 Å². The number of aromatic nitrogens is 7. The predicted molar refractivity (Wildman–Crippen MR) is 657 cm³/mol. The number of aromatic carboxylic acids is 2. The first-order valence-corrected chi connectivity index (χ1v) is 52.7. The average Bonchev–Trinajstić information content (AvgIpc) is 0.719. The minimum Gasteiger partial charge on any atom is -0.478 e. The monoisotopic (exact) mass is 1990 g/mol. The van der Waals surface area contributed by atoms with Crippen molar-refractivity contribution < 1.29 is 19.8 Å². The van der Waals surface area contributed by atoms with Crippen molar-refractivity contribution in [1.29, 1.82) is 10.5 Å². The summed E-state index contributed by atoms with van der Waals surface area (Å²) in [6.07, 6.45) is 0. The zero-order valence-electron chi connectivity index (χ0n) is 99.9. The summed E-state index contributed by atoms with van der Waals surface area (Å²) in [6, 6.07) is 56.7. The van der Waals surface area contributed by atoms with E-state index in [9.17, 15) is 9.59 Å². The standard InChI is InChI=1S/2C13H12N2.2C13H13NO2.2C13H15N.C12H13N.C6H7N.16C2H6.3CH4/c1-8-9(2)13-11(7-14)5-4-6-12(13)15-10(8)3;1-8-9(2)12-6-4-5-11(7-14)13(12)15-10(8)3;1-7-8(2)12-10(13(15)16)5-4-6-11(12)14-9(7)3;1-7-8(2)10-5-4-6-11(13(15)16)12(10)14-9(7)3;1-8-6-5-7-12-13(8)10(3)9(2)11(4)14-12;1-8-6-5-7-12-10(3)9(2)11(4)14-13(8)12;1-8-9(2)11-6-4-5-7-12(11)13-10(8)3;7-6-4-2-1-3-5-6;16*1-2;;;/h2*4-6H,1-3H3;2*4-6H,1-3H3,(H,15,16);2*5-7H,1-4H3;4-7H,1-3H3;1-5H,7H2;16*1-2H3;3*1H4. The second-order valence-corrected chi connectivity index (χ2v) is 28.1. The van der Waals surface area contributed by atoms with Crippen LogP contribution in [0.4, 0.5) is 5.69 Å². The smallest absolute Gasteiger partial charge is 0.337 e. The van der Waals surface area contributed by atoms with Gasteiger partial charge in [-0.3, -0.25) is 34.9 Å². The van der Waals surface area contributed by atoms with Crippen molar-refractivity contribution in [2.45, 2.75) is 403 Å². The second-order valence-electron chi connectivity index (χ2n) is 28.1. The number of pyridine rings is 7. The molecule has 4 N–H and O–H groups in total. The summed E-state index contributed by atoms with van der Waals surface area (Å²) >= 11 is 0. The molecule has 14 nitrogen and oxygen atoms in total. The number of nitriles is 2. The normalized spacial score (nSPS) is 8.61. The lowest BCUT2D eigenvalue weighted by Crippen LogP contribution is -2.02. The number of hydrogen-bond donors (Lipinski definition) is 3. The van der Waals surface area contributed by atoms with E-state index in [2.05, 4.69) is 192 Å². The number of carbonyl (C=O) groups is 2. The van der Waals surface area contributed by atoms with Crippen molar-refractivity contribution in [3.8, 4) is 12.1 Å². The average molecular weight is 1990 g/mol. The molecular weight excluding hydrogens is 1780 g/mol. The number of carboxylic acid groups (broad SMARTS) is 2. The van der Waals surface area contributed by atoms with Crippen LogP contribution in [-0.2, 0) is 0 Å². The van der Waals surface area contributed by atoms with Gasteiger partial charge in [0.1, 0.15) is 6.07 Å². The fraction of sp³-hybridized carbons (Fsp3) is 0.443. The molecule has 8 aromatic carbocycles. The third-order valence-corrected chi connectivity index (χ3v) is 21.5. The van der Waals surface area contributed by atoms with Crippen LogP contribution in [0.3, 0.4) is 0 Å². The lowest BCUT2D eigenvalue weighted by molar-refractivity contribution is 0.0688. The molecule has 0 aliphatic carbocycles. The molecule has 806 valence electrons. The summed E-state index contributed by atoms with van der Waals surface area (Å²) < 4.78 is 0. The zero-order chi connectivity index (χ0) is 113. The number of fused-ring (bicyclic) bond motifs is 7. The maximum Gasteiger partial charge on any atom is 0.337 e. The van der Waals surface area contributed by atoms with Gasteiger partial charge in [-0.05, 0) is 309 Å². The van der Waals surface area contributed by atoms with Gasteiger partial charge in [0, 0.05) is 83.2 Å². The molecule has 0 fully saturated rings. The summed E-state index contributed by atoms with van der Waals surface area (Å²) in [6.45, 7) is 111. The van der Waals surface area contributed by atoms with Gasteiger partial charge in [0.05, 0.1) is 66.9 Å². The highest BCUT2D eigenvalue weighted by Crippen LogP contribution is 2.31. The SMILES string of the molecule is C.C.C.CC.CC.CC.CC.CC.CC.CC.CC.CC.CC.CC.CC.CC.CC.CC.CC.Cc1nc2c(C#N)cccc2c(C)c1C.Cc1nc2c(C(=O)O)cccc2c(C)c1C.Cc1nc2c(C)cccc2c(C)c1C.Cc1nc2cccc(C#N)c2c(C)c1C.Cc1nc2cccc(C(=O)O)c2c(C)c1C.Cc1nc2cccc(C)c2c(C)c1C.Cc1nc2ccccc2c(C)c1C.Nc1ccccc1. The molecule has 0 aliphatic heterocycles. The molecular formula is C131H208N10O4. The van der Waals surface area contributed by atoms with Crippen LogP contribution in [0.5, 0.6) is 0 Å². The Morgan fingerprint density at radius 2 is 0.455 bits per heavy atom. The fourth-order valence-corrected chi connectivity index (χ4v) is 13.3. The Hall–Kier alpha value is -12.7. The van der Waals surface area contributed by atoms with Gasteiger partial charge in [-0.1, -0.05) is 347 Å². The molecule has 7 heterocycles. The molecule has 0 atom stereocenters. The second kappa shape index (κ2) is 92.5. The number of benzene rings is 8. The first-order chi connectivity index (χ1) is 68.1. The van der Waals surface area contributed by atoms with Gasteiger partial charge in [-0.2, -0.15) is 10.5 Å². The number of nitrogens with zero attached hydrogens (tertiary/aromatic N) is 9. The number of carboxylic acids is 2. The van der Waals surface area contributed by atoms with Crippen molar-refractivity contribution in [2.24, 2.45) is 0 Å². The third kappa shape index (κ3) is 47.8. The third-order valence-electron chi connectivity index (χ3n) is 21.5. The van der Waals surface area contributed by atoms with Gasteiger partial charge in [-0.25, -0.2) is 9.59 Å². The molecule has 0 saturated carbocycles. The lowest BCUT2D eigenvalue weighted by Gasteiger charge is -2.10. The highest BCUT2D eigenvalue weighted by atomic mass is 16.4. The Morgan fingerprint density at radius 1 is 0.221 bits per heavy atom. The Bertz CT molecular complexity index is 6130. The van der Waals surface area contributed by atoms with E-state index in [1.165, 1.54) is 77.4 Å². The van der Waals surface area contributed by atoms with Gasteiger partial charge >= 0.3 is 11.9 Å². The van der Waals surface area contributed by atoms with Crippen LogP contribution < -0.4 is 5.73 Å². The van der Waals surface area contributed by atoms with E-state index in [1.54, 1.807) is 24.3 Å². The van der Waals surface area contributed by atoms with Crippen molar-refractivity contribution >= 4 is 93.9 Å². The van der Waals surface area contributed by atoms with Gasteiger partial charge in [0.25, 0.3) is 0 Å². The highest BCUT2D eigenvalue weighted by Gasteiger charge is 2.17. The Balaban J connectivity index is -0.000000134. The molecule has 0 bridgehead atoms. The molecule has 145 heavy (non-hydrogen) atoms. The number of para-hydroxylation sites is 5. The Kier molecular flexibility index (Phi) is 101. The number of hydrogen-bond acceptors (Lipinski definition) is 12. The Labute approximate surface area is 889 Å². The van der Waals surface area contributed by atoms with Crippen LogP contribution in [0.1, 0.15) is 405 Å². The minimum atomic E-state index is -0.930. The van der Waals surface area contributed by atoms with Crippen LogP contribution >= 0.6 is 0 Å². The number of nitrogen functional groups attached to an aromatic ring is 1. The first-order valence-electron chi connectivity index (χ1n) is 52.7. The van der Waals surface area contributed by atoms with Gasteiger partial charge in [0.2, 0.25) is 0 Å². The van der Waals surface area contributed by atoms with E-state index in [0.717, 1.165) is 128 Å². The number of nitrogens with two attached hydrogens (primary N) is 1. The lowest BCUT2D eigenvalue weighted by atomic mass is 9.99. The van der Waals surface area contributed by atoms with E-state index in [-0.39, 0.29) is 27.8 Å². The van der Waals surface area contributed by atoms with Crippen LogP contribution in [0, 0.1) is 182 Å². The molecule has 0 spiro atoms. The topological polar surface area (TPSA) is 238 Å². The van der Waals surface area contributed by atoms with E-state index in [1.807, 2.05) is 376 Å². The molecule has 0 radical (unpaired) electrons. The summed E-state index contributed by atoms with van der Waals surface area (Å²) in [4.78, 5) is 53.8. The van der Waals surface area contributed by atoms with E-state index >= 15 is 0 Å². The summed E-state index contributed by atoms with van der Waals surface area (Å²) in [5, 5.41) is 43.9. The molecule has 14 heteroatoms. The molecule has 0 unspecified atom stereocenters. The number of aryl methyl sites for hydroxylation is 16. The predicted octanol–water partition coefficient (Wildman–Crippen LogP) is 41.5. The molecule has 15 aromatic rings. The maximum absolute atomic E-state index is 11.1. The van der Waals surface area contributed by atoms with E-state index in [0.29, 0.717) is 22.2 Å². The van der Waals surface area contributed by atoms with E-state index in [4.69, 9.17) is 26.5 Å². The summed E-state index contributed by atoms with van der Waals surface area (Å²) in [7, 11) is 0. The van der Waals surface area contributed by atoms with Gasteiger partial charge in [0.15, 0.2) is 0 Å². The summed E-state index contributed by atoms with van der Waals surface area (Å²) in [5.74, 6) is -1.83. The fourth-order valence-electron chi connectivity index (χ4n) is 13.3. The Morgan fingerprint density at radius 3 is 0.828 bits per heavy atom. The molecule has 15 rings (SSSR count).